The first kappa shape index (κ1) is 20.1. The van der Waals surface area contributed by atoms with Crippen molar-refractivity contribution in [3.8, 4) is 0 Å². The van der Waals surface area contributed by atoms with E-state index >= 15 is 0 Å². The molecule has 0 radical (unpaired) electrons. The smallest absolute Gasteiger partial charge is 0.255 e. The van der Waals surface area contributed by atoms with Crippen LogP contribution in [-0.2, 0) is 24.7 Å². The Labute approximate surface area is 163 Å². The standard InChI is InChI=1S/C16H19ClN2O6S2/c1-2-18(12-5-7-26(22,23)10-12)16(21)13-9-11(3-4-14(13)17)19-15(20)6-8-27(19,24)25/h3-4,9,12H,2,5-8,10H2,1H3/t12-/m1/s1. The highest BCUT2D eigenvalue weighted by molar-refractivity contribution is 7.94. The molecule has 2 heterocycles. The molecule has 0 N–H and O–H groups in total. The van der Waals surface area contributed by atoms with E-state index in [9.17, 15) is 26.4 Å². The first-order chi connectivity index (χ1) is 12.6. The Morgan fingerprint density at radius 3 is 2.48 bits per heavy atom. The summed E-state index contributed by atoms with van der Waals surface area (Å²) in [7, 11) is -6.94. The molecule has 2 aliphatic rings. The Morgan fingerprint density at radius 1 is 1.26 bits per heavy atom. The zero-order chi connectivity index (χ0) is 20.0. The van der Waals surface area contributed by atoms with Crippen LogP contribution in [0.5, 0.6) is 0 Å². The third-order valence-electron chi connectivity index (χ3n) is 4.74. The van der Waals surface area contributed by atoms with Crippen molar-refractivity contribution in [2.45, 2.75) is 25.8 Å². The molecule has 3 rings (SSSR count). The fourth-order valence-corrected chi connectivity index (χ4v) is 6.80. The molecule has 0 saturated carbocycles. The molecule has 2 fully saturated rings. The Hall–Kier alpha value is -1.65. The maximum atomic E-state index is 13.0. The van der Waals surface area contributed by atoms with Crippen LogP contribution in [0.2, 0.25) is 5.02 Å². The molecule has 11 heteroatoms. The summed E-state index contributed by atoms with van der Waals surface area (Å²) in [6.07, 6.45) is 0.230. The molecular weight excluding hydrogens is 416 g/mol. The van der Waals surface area contributed by atoms with E-state index in [1.54, 1.807) is 6.92 Å². The van der Waals surface area contributed by atoms with Crippen LogP contribution in [-0.4, -0.2) is 63.4 Å². The van der Waals surface area contributed by atoms with Gasteiger partial charge in [0, 0.05) is 19.0 Å². The van der Waals surface area contributed by atoms with Gasteiger partial charge >= 0.3 is 0 Å². The van der Waals surface area contributed by atoms with E-state index in [4.69, 9.17) is 11.6 Å². The monoisotopic (exact) mass is 434 g/mol. The number of hydrogen-bond donors (Lipinski definition) is 0. The minimum atomic E-state index is -3.77. The van der Waals surface area contributed by atoms with E-state index in [-0.39, 0.29) is 46.5 Å². The van der Waals surface area contributed by atoms with E-state index < -0.39 is 37.7 Å². The molecule has 8 nitrogen and oxygen atoms in total. The molecule has 1 atom stereocenters. The number of sulfone groups is 1. The van der Waals surface area contributed by atoms with Crippen LogP contribution in [0.4, 0.5) is 5.69 Å². The average Bonchev–Trinajstić information content (AvgIpc) is 3.07. The topological polar surface area (TPSA) is 109 Å². The van der Waals surface area contributed by atoms with Crippen molar-refractivity contribution < 1.29 is 26.4 Å². The first-order valence-corrected chi connectivity index (χ1v) is 12.2. The molecule has 1 aromatic rings. The van der Waals surface area contributed by atoms with Crippen LogP contribution in [0.1, 0.15) is 30.1 Å². The van der Waals surface area contributed by atoms with Crippen molar-refractivity contribution in [1.82, 2.24) is 4.90 Å². The number of amides is 2. The second-order valence-corrected chi connectivity index (χ2v) is 11.1. The van der Waals surface area contributed by atoms with Gasteiger partial charge in [0.15, 0.2) is 9.84 Å². The lowest BCUT2D eigenvalue weighted by Crippen LogP contribution is -2.41. The van der Waals surface area contributed by atoms with Gasteiger partial charge in [-0.1, -0.05) is 11.6 Å². The summed E-state index contributed by atoms with van der Waals surface area (Å²) in [6, 6.07) is 3.56. The highest BCUT2D eigenvalue weighted by atomic mass is 35.5. The molecule has 2 aliphatic heterocycles. The predicted octanol–water partition coefficient (Wildman–Crippen LogP) is 1.06. The Balaban J connectivity index is 1.96. The Bertz CT molecular complexity index is 1010. The van der Waals surface area contributed by atoms with Crippen molar-refractivity contribution in [2.75, 3.05) is 28.1 Å². The second-order valence-electron chi connectivity index (χ2n) is 6.54. The summed E-state index contributed by atoms with van der Waals surface area (Å²) in [6.45, 7) is 2.01. The molecule has 0 bridgehead atoms. The van der Waals surface area contributed by atoms with Crippen LogP contribution >= 0.6 is 11.6 Å². The molecule has 0 spiro atoms. The number of halogens is 1. The summed E-state index contributed by atoms with van der Waals surface area (Å²) in [4.78, 5) is 26.4. The lowest BCUT2D eigenvalue weighted by molar-refractivity contribution is -0.116. The van der Waals surface area contributed by atoms with Crippen molar-refractivity contribution in [3.05, 3.63) is 28.8 Å². The fourth-order valence-electron chi connectivity index (χ4n) is 3.42. The maximum absolute atomic E-state index is 13.0. The molecule has 27 heavy (non-hydrogen) atoms. The molecule has 2 amide bonds. The zero-order valence-electron chi connectivity index (χ0n) is 14.6. The highest BCUT2D eigenvalue weighted by Gasteiger charge is 2.38. The van der Waals surface area contributed by atoms with Gasteiger partial charge in [-0.25, -0.2) is 21.1 Å². The third kappa shape index (κ3) is 3.83. The largest absolute Gasteiger partial charge is 0.335 e. The number of carbonyl (C=O) groups excluding carboxylic acids is 2. The van der Waals surface area contributed by atoms with Gasteiger partial charge in [0.1, 0.15) is 0 Å². The van der Waals surface area contributed by atoms with Crippen LogP contribution in [0.25, 0.3) is 0 Å². The first-order valence-electron chi connectivity index (χ1n) is 8.42. The van der Waals surface area contributed by atoms with E-state index in [0.717, 1.165) is 0 Å². The van der Waals surface area contributed by atoms with Crippen LogP contribution in [0.15, 0.2) is 18.2 Å². The van der Waals surface area contributed by atoms with Gasteiger partial charge < -0.3 is 4.90 Å². The van der Waals surface area contributed by atoms with E-state index in [2.05, 4.69) is 0 Å². The van der Waals surface area contributed by atoms with Crippen molar-refractivity contribution in [3.63, 3.8) is 0 Å². The van der Waals surface area contributed by atoms with Gasteiger partial charge in [0.25, 0.3) is 5.91 Å². The van der Waals surface area contributed by atoms with Crippen molar-refractivity contribution >= 4 is 49.0 Å². The lowest BCUT2D eigenvalue weighted by atomic mass is 10.1. The molecule has 148 valence electrons. The normalized spacial score (nSPS) is 23.6. The number of carbonyl (C=O) groups is 2. The summed E-state index contributed by atoms with van der Waals surface area (Å²) < 4.78 is 48.4. The summed E-state index contributed by atoms with van der Waals surface area (Å²) >= 11 is 6.15. The van der Waals surface area contributed by atoms with Gasteiger partial charge in [-0.3, -0.25) is 9.59 Å². The van der Waals surface area contributed by atoms with E-state index in [1.807, 2.05) is 0 Å². The fraction of sp³-hybridized carbons (Fsp3) is 0.500. The van der Waals surface area contributed by atoms with Crippen molar-refractivity contribution in [1.29, 1.82) is 0 Å². The molecule has 0 aliphatic carbocycles. The minimum absolute atomic E-state index is 0.0236. The molecule has 1 aromatic carbocycles. The number of nitrogens with zero attached hydrogens (tertiary/aromatic N) is 2. The van der Waals surface area contributed by atoms with Gasteiger partial charge in [0.05, 0.1) is 33.5 Å². The van der Waals surface area contributed by atoms with Gasteiger partial charge in [0.2, 0.25) is 15.9 Å². The number of rotatable bonds is 4. The summed E-state index contributed by atoms with van der Waals surface area (Å²) in [5.74, 6) is -1.42. The average molecular weight is 435 g/mol. The number of benzene rings is 1. The molecule has 0 aromatic heterocycles. The zero-order valence-corrected chi connectivity index (χ0v) is 17.0. The van der Waals surface area contributed by atoms with Gasteiger partial charge in [-0.15, -0.1) is 0 Å². The third-order valence-corrected chi connectivity index (χ3v) is 8.51. The maximum Gasteiger partial charge on any atom is 0.255 e. The number of sulfonamides is 1. The van der Waals surface area contributed by atoms with E-state index in [0.29, 0.717) is 10.7 Å². The van der Waals surface area contributed by atoms with Crippen LogP contribution < -0.4 is 4.31 Å². The highest BCUT2D eigenvalue weighted by Crippen LogP contribution is 2.30. The molecule has 2 saturated heterocycles. The lowest BCUT2D eigenvalue weighted by Gasteiger charge is -2.27. The van der Waals surface area contributed by atoms with E-state index in [1.165, 1.54) is 23.1 Å². The minimum Gasteiger partial charge on any atom is -0.335 e. The second kappa shape index (κ2) is 7.06. The van der Waals surface area contributed by atoms with Crippen molar-refractivity contribution in [2.24, 2.45) is 0 Å². The van der Waals surface area contributed by atoms with Crippen LogP contribution in [0, 0.1) is 0 Å². The molecular formula is C16H19ClN2O6S2. The number of anilines is 1. The number of hydrogen-bond acceptors (Lipinski definition) is 6. The van der Waals surface area contributed by atoms with Crippen LogP contribution in [0.3, 0.4) is 0 Å². The van der Waals surface area contributed by atoms with Gasteiger partial charge in [-0.05, 0) is 31.5 Å². The quantitative estimate of drug-likeness (QED) is 0.700. The van der Waals surface area contributed by atoms with Gasteiger partial charge in [-0.2, -0.15) is 0 Å². The SMILES string of the molecule is CCN(C(=O)c1cc(N2C(=O)CCS2(=O)=O)ccc1Cl)[C@@H]1CCS(=O)(=O)C1. The predicted molar refractivity (Wildman–Crippen MR) is 101 cm³/mol. The summed E-state index contributed by atoms with van der Waals surface area (Å²) in [5.41, 5.74) is 0.0931. The molecule has 0 unspecified atom stereocenters. The Kier molecular flexibility index (Phi) is 5.26. The Morgan fingerprint density at radius 2 is 1.96 bits per heavy atom. The summed E-state index contributed by atoms with van der Waals surface area (Å²) in [5, 5.41) is 0.104.